The highest BCUT2D eigenvalue weighted by atomic mass is 32.3. The first-order valence-corrected chi connectivity index (χ1v) is 13.3. The van der Waals surface area contributed by atoms with E-state index in [2.05, 4.69) is 11.1 Å². The third-order valence-electron chi connectivity index (χ3n) is 4.78. The molecule has 7 nitrogen and oxygen atoms in total. The summed E-state index contributed by atoms with van der Waals surface area (Å²) in [4.78, 5) is 10.2. The molecule has 0 spiro atoms. The number of hydrogen-bond acceptors (Lipinski definition) is 6. The van der Waals surface area contributed by atoms with Gasteiger partial charge in [0.15, 0.2) is 0 Å². The van der Waals surface area contributed by atoms with E-state index in [4.69, 9.17) is 4.18 Å². The standard InChI is InChI=1S/C16H32O2.C7H18NO4S/c1-2-3-4-5-6-7-8-9-10-11-12-13-14-15-16(17)18;1-7(6-8(2,3)4)12-13(9,10)11-5/h2-15H2,1H3,(H,17,18);7H,6H2,1-5H3/q;+1/p-1. The summed E-state index contributed by atoms with van der Waals surface area (Å²) >= 11 is 0. The third-order valence-corrected chi connectivity index (χ3v) is 5.75. The van der Waals surface area contributed by atoms with Crippen molar-refractivity contribution in [2.75, 3.05) is 34.8 Å². The highest BCUT2D eigenvalue weighted by Crippen LogP contribution is 2.12. The predicted octanol–water partition coefficient (Wildman–Crippen LogP) is 4.21. The molecule has 0 rings (SSSR count). The summed E-state index contributed by atoms with van der Waals surface area (Å²) in [6.45, 7) is 4.55. The van der Waals surface area contributed by atoms with E-state index in [9.17, 15) is 18.3 Å². The summed E-state index contributed by atoms with van der Waals surface area (Å²) < 4.78 is 31.2. The molecule has 0 saturated carbocycles. The van der Waals surface area contributed by atoms with Crippen LogP contribution >= 0.6 is 0 Å². The number of hydrogen-bond donors (Lipinski definition) is 0. The average Bonchev–Trinajstić information content (AvgIpc) is 2.64. The molecule has 0 heterocycles. The van der Waals surface area contributed by atoms with E-state index in [-0.39, 0.29) is 12.5 Å². The Morgan fingerprint density at radius 2 is 1.23 bits per heavy atom. The SMILES string of the molecule is CCCCCCCCCCCCCCCC(=O)[O-].COS(=O)(=O)OC(C)C[N+](C)(C)C. The van der Waals surface area contributed by atoms with E-state index in [0.717, 1.165) is 20.0 Å². The van der Waals surface area contributed by atoms with Crippen LogP contribution in [-0.4, -0.2) is 59.8 Å². The van der Waals surface area contributed by atoms with Gasteiger partial charge in [-0.15, -0.1) is 0 Å². The number of quaternary nitrogens is 1. The molecule has 0 aromatic carbocycles. The normalized spacial score (nSPS) is 12.8. The molecule has 31 heavy (non-hydrogen) atoms. The fourth-order valence-electron chi connectivity index (χ4n) is 3.33. The van der Waals surface area contributed by atoms with Gasteiger partial charge in [-0.1, -0.05) is 84.0 Å². The monoisotopic (exact) mass is 467 g/mol. The van der Waals surface area contributed by atoms with Gasteiger partial charge in [0.25, 0.3) is 0 Å². The van der Waals surface area contributed by atoms with Gasteiger partial charge in [0, 0.05) is 5.97 Å². The van der Waals surface area contributed by atoms with Gasteiger partial charge in [-0.2, -0.15) is 8.42 Å². The maximum absolute atomic E-state index is 10.8. The first-order valence-electron chi connectivity index (χ1n) is 11.9. The Hall–Kier alpha value is -0.700. The fraction of sp³-hybridized carbons (Fsp3) is 0.957. The molecule has 0 amide bonds. The number of likely N-dealkylation sites (N-methyl/N-ethyl adjacent to an activating group) is 1. The lowest BCUT2D eigenvalue weighted by molar-refractivity contribution is -0.873. The van der Waals surface area contributed by atoms with Crippen molar-refractivity contribution in [1.29, 1.82) is 0 Å². The lowest BCUT2D eigenvalue weighted by atomic mass is 10.0. The number of carboxylic acid groups (broad SMARTS) is 1. The minimum absolute atomic E-state index is 0.234. The van der Waals surface area contributed by atoms with E-state index in [1.807, 2.05) is 21.1 Å². The first-order chi connectivity index (χ1) is 14.4. The highest BCUT2D eigenvalue weighted by molar-refractivity contribution is 7.81. The molecule has 0 bridgehead atoms. The first kappa shape index (κ1) is 32.5. The Morgan fingerprint density at radius 3 is 1.55 bits per heavy atom. The topological polar surface area (TPSA) is 92.7 Å². The van der Waals surface area contributed by atoms with Crippen molar-refractivity contribution in [3.05, 3.63) is 0 Å². The average molecular weight is 468 g/mol. The third kappa shape index (κ3) is 29.3. The zero-order chi connectivity index (χ0) is 24.2. The van der Waals surface area contributed by atoms with Gasteiger partial charge in [0.1, 0.15) is 12.6 Å². The Labute approximate surface area is 192 Å². The van der Waals surface area contributed by atoms with Crippen LogP contribution in [0.2, 0.25) is 0 Å². The van der Waals surface area contributed by atoms with Crippen LogP contribution < -0.4 is 5.11 Å². The molecule has 0 aliphatic heterocycles. The molecule has 0 aromatic heterocycles. The van der Waals surface area contributed by atoms with Crippen LogP contribution in [0.5, 0.6) is 0 Å². The predicted molar refractivity (Wildman–Crippen MR) is 125 cm³/mol. The van der Waals surface area contributed by atoms with E-state index in [0.29, 0.717) is 11.0 Å². The molecule has 0 fully saturated rings. The molecule has 0 radical (unpaired) electrons. The minimum atomic E-state index is -3.80. The number of nitrogens with zero attached hydrogens (tertiary/aromatic N) is 1. The summed E-state index contributed by atoms with van der Waals surface area (Å²) in [5.41, 5.74) is 0. The van der Waals surface area contributed by atoms with Crippen molar-refractivity contribution < 1.29 is 31.2 Å². The van der Waals surface area contributed by atoms with E-state index < -0.39 is 16.4 Å². The Morgan fingerprint density at radius 1 is 0.839 bits per heavy atom. The molecule has 1 atom stereocenters. The van der Waals surface area contributed by atoms with Crippen LogP contribution in [0.1, 0.15) is 104 Å². The Bertz CT molecular complexity index is 517. The van der Waals surface area contributed by atoms with Crippen molar-refractivity contribution in [3.63, 3.8) is 0 Å². The van der Waals surface area contributed by atoms with Gasteiger partial charge in [-0.05, 0) is 19.8 Å². The van der Waals surface area contributed by atoms with Crippen molar-refractivity contribution in [1.82, 2.24) is 0 Å². The minimum Gasteiger partial charge on any atom is -0.550 e. The number of rotatable bonds is 19. The van der Waals surface area contributed by atoms with Crippen LogP contribution in [0, 0.1) is 0 Å². The highest BCUT2D eigenvalue weighted by Gasteiger charge is 2.20. The zero-order valence-corrected chi connectivity index (χ0v) is 21.8. The molecular weight excluding hydrogens is 418 g/mol. The Kier molecular flexibility index (Phi) is 20.9. The van der Waals surface area contributed by atoms with Gasteiger partial charge in [0.05, 0.1) is 28.3 Å². The Balaban J connectivity index is 0. The number of unbranched alkanes of at least 4 members (excludes halogenated alkanes) is 12. The molecule has 0 saturated heterocycles. The van der Waals surface area contributed by atoms with Crippen LogP contribution in [0.3, 0.4) is 0 Å². The molecule has 0 aliphatic carbocycles. The maximum atomic E-state index is 10.8. The number of aliphatic carboxylic acids is 1. The smallest absolute Gasteiger partial charge is 0.400 e. The second kappa shape index (κ2) is 19.9. The molecule has 8 heteroatoms. The molecule has 0 N–H and O–H groups in total. The number of carbonyl (C=O) groups excluding carboxylic acids is 1. The van der Waals surface area contributed by atoms with Crippen LogP contribution in [0.25, 0.3) is 0 Å². The molecular formula is C23H49NO6S. The quantitative estimate of drug-likeness (QED) is 0.209. The van der Waals surface area contributed by atoms with Crippen LogP contribution in [-0.2, 0) is 23.6 Å². The van der Waals surface area contributed by atoms with Gasteiger partial charge in [0.2, 0.25) is 0 Å². The van der Waals surface area contributed by atoms with E-state index in [1.54, 1.807) is 6.92 Å². The fourth-order valence-corrected chi connectivity index (χ4v) is 3.87. The second-order valence-corrected chi connectivity index (χ2v) is 10.7. The number of carboxylic acids is 1. The van der Waals surface area contributed by atoms with Crippen LogP contribution in [0.15, 0.2) is 0 Å². The zero-order valence-electron chi connectivity index (χ0n) is 21.0. The van der Waals surface area contributed by atoms with Crippen molar-refractivity contribution in [2.24, 2.45) is 0 Å². The van der Waals surface area contributed by atoms with Crippen molar-refractivity contribution in [3.8, 4) is 0 Å². The van der Waals surface area contributed by atoms with Gasteiger partial charge < -0.3 is 14.4 Å². The lowest BCUT2D eigenvalue weighted by Crippen LogP contribution is -2.41. The number of carbonyl (C=O) groups is 1. The molecule has 1 unspecified atom stereocenters. The maximum Gasteiger partial charge on any atom is 0.400 e. The van der Waals surface area contributed by atoms with Gasteiger partial charge >= 0.3 is 10.4 Å². The second-order valence-electron chi connectivity index (χ2n) is 9.32. The van der Waals surface area contributed by atoms with Gasteiger partial charge in [-0.3, -0.25) is 4.18 Å². The molecule has 0 aliphatic rings. The van der Waals surface area contributed by atoms with Crippen molar-refractivity contribution in [2.45, 2.75) is 110 Å². The van der Waals surface area contributed by atoms with Crippen molar-refractivity contribution >= 4 is 16.4 Å². The van der Waals surface area contributed by atoms with E-state index >= 15 is 0 Å². The largest absolute Gasteiger partial charge is 0.550 e. The molecule has 0 aromatic rings. The summed E-state index contributed by atoms with van der Waals surface area (Å²) in [5.74, 6) is -0.905. The summed E-state index contributed by atoms with van der Waals surface area (Å²) in [5, 5.41) is 10.2. The lowest BCUT2D eigenvalue weighted by Gasteiger charge is -2.26. The molecule has 188 valence electrons. The summed E-state index contributed by atoms with van der Waals surface area (Å²) in [6, 6.07) is 0. The summed E-state index contributed by atoms with van der Waals surface area (Å²) in [6.07, 6.45) is 16.6. The van der Waals surface area contributed by atoms with Gasteiger partial charge in [-0.25, -0.2) is 4.18 Å². The summed E-state index contributed by atoms with van der Waals surface area (Å²) in [7, 11) is 3.15. The van der Waals surface area contributed by atoms with E-state index in [1.165, 1.54) is 70.6 Å². The van der Waals surface area contributed by atoms with Crippen LogP contribution in [0.4, 0.5) is 0 Å².